The SMILES string of the molecule is Cc1ccc(-c2nc(CC(=O)NC3CCCN(S(C)(=O)=O)C3)cs2)o1. The molecule has 0 radical (unpaired) electrons. The second-order valence-electron chi connectivity index (χ2n) is 6.26. The lowest BCUT2D eigenvalue weighted by Crippen LogP contribution is -2.49. The van der Waals surface area contributed by atoms with E-state index in [1.165, 1.54) is 21.9 Å². The van der Waals surface area contributed by atoms with Crippen LogP contribution in [-0.2, 0) is 21.2 Å². The number of carbonyl (C=O) groups excluding carboxylic acids is 1. The van der Waals surface area contributed by atoms with Crippen LogP contribution in [0.5, 0.6) is 0 Å². The van der Waals surface area contributed by atoms with Gasteiger partial charge in [0.1, 0.15) is 5.76 Å². The number of hydrogen-bond donors (Lipinski definition) is 1. The second-order valence-corrected chi connectivity index (χ2v) is 9.10. The van der Waals surface area contributed by atoms with E-state index >= 15 is 0 Å². The lowest BCUT2D eigenvalue weighted by molar-refractivity contribution is -0.121. The second kappa shape index (κ2) is 7.27. The molecule has 136 valence electrons. The van der Waals surface area contributed by atoms with Crippen LogP contribution in [0.2, 0.25) is 0 Å². The molecule has 1 aliphatic heterocycles. The summed E-state index contributed by atoms with van der Waals surface area (Å²) in [7, 11) is -3.22. The monoisotopic (exact) mass is 383 g/mol. The van der Waals surface area contributed by atoms with Crippen molar-refractivity contribution < 1.29 is 17.6 Å². The number of amides is 1. The Kier molecular flexibility index (Phi) is 5.26. The van der Waals surface area contributed by atoms with Gasteiger partial charge >= 0.3 is 0 Å². The molecule has 9 heteroatoms. The van der Waals surface area contributed by atoms with Crippen LogP contribution in [0.25, 0.3) is 10.8 Å². The summed E-state index contributed by atoms with van der Waals surface area (Å²) in [5.41, 5.74) is 0.683. The smallest absolute Gasteiger partial charge is 0.226 e. The number of nitrogens with zero attached hydrogens (tertiary/aromatic N) is 2. The molecule has 3 heterocycles. The minimum absolute atomic E-state index is 0.146. The van der Waals surface area contributed by atoms with Gasteiger partial charge in [-0.2, -0.15) is 0 Å². The van der Waals surface area contributed by atoms with Crippen LogP contribution in [0, 0.1) is 6.92 Å². The first-order valence-corrected chi connectivity index (χ1v) is 10.8. The Morgan fingerprint density at radius 3 is 2.96 bits per heavy atom. The summed E-state index contributed by atoms with van der Waals surface area (Å²) in [5.74, 6) is 1.37. The molecule has 2 aromatic heterocycles. The fraction of sp³-hybridized carbons (Fsp3) is 0.500. The fourth-order valence-corrected chi connectivity index (χ4v) is 4.55. The molecular formula is C16H21N3O4S2. The van der Waals surface area contributed by atoms with Crippen molar-refractivity contribution in [2.24, 2.45) is 0 Å². The lowest BCUT2D eigenvalue weighted by Gasteiger charge is -2.31. The molecule has 1 saturated heterocycles. The summed E-state index contributed by atoms with van der Waals surface area (Å²) in [6.07, 6.45) is 2.90. The summed E-state index contributed by atoms with van der Waals surface area (Å²) >= 11 is 1.44. The molecule has 0 saturated carbocycles. The Hall–Kier alpha value is -1.71. The van der Waals surface area contributed by atoms with Gasteiger partial charge in [-0.25, -0.2) is 17.7 Å². The van der Waals surface area contributed by atoms with E-state index in [2.05, 4.69) is 10.3 Å². The van der Waals surface area contributed by atoms with Gasteiger partial charge in [-0.3, -0.25) is 4.79 Å². The third-order valence-corrected chi connectivity index (χ3v) is 6.24. The van der Waals surface area contributed by atoms with Crippen LogP contribution in [0.1, 0.15) is 24.3 Å². The van der Waals surface area contributed by atoms with Crippen LogP contribution in [-0.4, -0.2) is 49.0 Å². The minimum atomic E-state index is -3.22. The Morgan fingerprint density at radius 2 is 2.28 bits per heavy atom. The van der Waals surface area contributed by atoms with E-state index in [-0.39, 0.29) is 18.4 Å². The van der Waals surface area contributed by atoms with Crippen LogP contribution < -0.4 is 5.32 Å². The molecule has 1 fully saturated rings. The zero-order valence-corrected chi connectivity index (χ0v) is 15.8. The van der Waals surface area contributed by atoms with Crippen molar-refractivity contribution in [3.8, 4) is 10.8 Å². The van der Waals surface area contributed by atoms with Crippen molar-refractivity contribution >= 4 is 27.3 Å². The molecule has 1 atom stereocenters. The highest BCUT2D eigenvalue weighted by molar-refractivity contribution is 7.88. The van der Waals surface area contributed by atoms with E-state index in [4.69, 9.17) is 4.42 Å². The summed E-state index contributed by atoms with van der Waals surface area (Å²) in [6, 6.07) is 3.58. The van der Waals surface area contributed by atoms with Gasteiger partial charge in [0.2, 0.25) is 15.9 Å². The fourth-order valence-electron chi connectivity index (χ4n) is 2.86. The number of aromatic nitrogens is 1. The number of aryl methyl sites for hydroxylation is 1. The van der Waals surface area contributed by atoms with Crippen molar-refractivity contribution in [3.05, 3.63) is 29.0 Å². The third-order valence-electron chi connectivity index (χ3n) is 4.06. The van der Waals surface area contributed by atoms with Gasteiger partial charge in [0.05, 0.1) is 18.4 Å². The molecule has 0 aliphatic carbocycles. The predicted molar refractivity (Wildman–Crippen MR) is 95.8 cm³/mol. The maximum Gasteiger partial charge on any atom is 0.226 e. The average molecular weight is 383 g/mol. The highest BCUT2D eigenvalue weighted by Gasteiger charge is 2.26. The number of thiazole rings is 1. The standard InChI is InChI=1S/C16H21N3O4S2/c1-11-5-6-14(23-11)16-18-13(10-24-16)8-15(20)17-12-4-3-7-19(9-12)25(2,21)22/h5-6,10,12H,3-4,7-9H2,1-2H3,(H,17,20). The third kappa shape index (κ3) is 4.68. The number of nitrogens with one attached hydrogen (secondary N) is 1. The van der Waals surface area contributed by atoms with Gasteiger partial charge < -0.3 is 9.73 Å². The van der Waals surface area contributed by atoms with Gasteiger partial charge in [0.25, 0.3) is 0 Å². The van der Waals surface area contributed by atoms with E-state index in [9.17, 15) is 13.2 Å². The molecule has 3 rings (SSSR count). The Morgan fingerprint density at radius 1 is 1.48 bits per heavy atom. The van der Waals surface area contributed by atoms with Gasteiger partial charge in [-0.15, -0.1) is 11.3 Å². The maximum absolute atomic E-state index is 12.2. The first-order valence-electron chi connectivity index (χ1n) is 8.07. The topological polar surface area (TPSA) is 92.5 Å². The molecule has 1 aliphatic rings. The van der Waals surface area contributed by atoms with E-state index in [0.29, 0.717) is 24.5 Å². The van der Waals surface area contributed by atoms with Crippen molar-refractivity contribution in [2.75, 3.05) is 19.3 Å². The molecular weight excluding hydrogens is 362 g/mol. The highest BCUT2D eigenvalue weighted by Crippen LogP contribution is 2.25. The molecule has 0 aromatic carbocycles. The van der Waals surface area contributed by atoms with Crippen molar-refractivity contribution in [1.29, 1.82) is 0 Å². The molecule has 0 spiro atoms. The Bertz CT molecular complexity index is 856. The summed E-state index contributed by atoms with van der Waals surface area (Å²) in [6.45, 7) is 2.72. The van der Waals surface area contributed by atoms with Crippen molar-refractivity contribution in [3.63, 3.8) is 0 Å². The van der Waals surface area contributed by atoms with Crippen LogP contribution >= 0.6 is 11.3 Å². The molecule has 0 bridgehead atoms. The van der Waals surface area contributed by atoms with Gasteiger partial charge in [-0.05, 0) is 31.9 Å². The number of sulfonamides is 1. The van der Waals surface area contributed by atoms with Crippen LogP contribution in [0.15, 0.2) is 21.9 Å². The first kappa shape index (κ1) is 18.1. The van der Waals surface area contributed by atoms with Gasteiger partial charge in [0, 0.05) is 24.5 Å². The molecule has 2 aromatic rings. The van der Waals surface area contributed by atoms with Crippen LogP contribution in [0.3, 0.4) is 0 Å². The molecule has 1 amide bonds. The van der Waals surface area contributed by atoms with E-state index in [1.807, 2.05) is 24.4 Å². The van der Waals surface area contributed by atoms with Gasteiger partial charge in [0.15, 0.2) is 10.8 Å². The van der Waals surface area contributed by atoms with Crippen molar-refractivity contribution in [1.82, 2.24) is 14.6 Å². The highest BCUT2D eigenvalue weighted by atomic mass is 32.2. The van der Waals surface area contributed by atoms with E-state index < -0.39 is 10.0 Å². The molecule has 1 N–H and O–H groups in total. The predicted octanol–water partition coefficient (Wildman–Crippen LogP) is 1.79. The Labute approximate surface area is 151 Å². The largest absolute Gasteiger partial charge is 0.459 e. The first-order chi connectivity index (χ1) is 11.8. The van der Waals surface area contributed by atoms with E-state index in [1.54, 1.807) is 0 Å². The zero-order valence-electron chi connectivity index (χ0n) is 14.2. The Balaban J connectivity index is 1.57. The lowest BCUT2D eigenvalue weighted by atomic mass is 10.1. The quantitative estimate of drug-likeness (QED) is 0.850. The van der Waals surface area contributed by atoms with Gasteiger partial charge in [-0.1, -0.05) is 0 Å². The number of rotatable bonds is 5. The number of hydrogen-bond acceptors (Lipinski definition) is 6. The summed E-state index contributed by atoms with van der Waals surface area (Å²) < 4.78 is 30.2. The van der Waals surface area contributed by atoms with Crippen LogP contribution in [0.4, 0.5) is 0 Å². The minimum Gasteiger partial charge on any atom is -0.459 e. The number of piperidine rings is 1. The number of carbonyl (C=O) groups is 1. The van der Waals surface area contributed by atoms with Crippen molar-refractivity contribution in [2.45, 2.75) is 32.2 Å². The maximum atomic E-state index is 12.2. The summed E-state index contributed by atoms with van der Waals surface area (Å²) in [4.78, 5) is 16.7. The molecule has 1 unspecified atom stereocenters. The number of furan rings is 1. The van der Waals surface area contributed by atoms with E-state index in [0.717, 1.165) is 23.6 Å². The molecule has 7 nitrogen and oxygen atoms in total. The average Bonchev–Trinajstić information content (AvgIpc) is 3.15. The molecule has 25 heavy (non-hydrogen) atoms. The zero-order chi connectivity index (χ0) is 18.0. The summed E-state index contributed by atoms with van der Waals surface area (Å²) in [5, 5.41) is 5.51. The normalized spacial score (nSPS) is 19.0.